The summed E-state index contributed by atoms with van der Waals surface area (Å²) in [4.78, 5) is 37.6. The molecule has 23 heavy (non-hydrogen) atoms. The molecule has 0 spiro atoms. The number of fused-ring (bicyclic) bond motifs is 1. The van der Waals surface area contributed by atoms with Crippen molar-refractivity contribution in [3.63, 3.8) is 0 Å². The molecule has 0 aliphatic rings. The standard InChI is InChI=1S/C15H16N4O2S2/c1-4-12-16-5-10(23-12)8-18(3)13(20)11-6-17-15-19(14(11)21)7-9(2)22-15/h5-7H,4,8H2,1-3H3. The Balaban J connectivity index is 1.87. The summed E-state index contributed by atoms with van der Waals surface area (Å²) in [6.07, 6.45) is 5.74. The van der Waals surface area contributed by atoms with E-state index < -0.39 is 0 Å². The Bertz CT molecular complexity index is 925. The molecule has 3 heterocycles. The van der Waals surface area contributed by atoms with Crippen molar-refractivity contribution in [2.75, 3.05) is 7.05 Å². The molecule has 0 saturated heterocycles. The molecule has 0 atom stereocenters. The minimum absolute atomic E-state index is 0.0861. The van der Waals surface area contributed by atoms with Gasteiger partial charge in [0.1, 0.15) is 5.56 Å². The maximum absolute atomic E-state index is 12.6. The molecule has 0 aromatic carbocycles. The molecule has 120 valence electrons. The third kappa shape index (κ3) is 3.04. The summed E-state index contributed by atoms with van der Waals surface area (Å²) in [6, 6.07) is 0. The van der Waals surface area contributed by atoms with Crippen molar-refractivity contribution in [2.45, 2.75) is 26.8 Å². The smallest absolute Gasteiger partial charge is 0.271 e. The normalized spacial score (nSPS) is 11.1. The Labute approximate surface area is 141 Å². The van der Waals surface area contributed by atoms with Gasteiger partial charge in [-0.1, -0.05) is 6.92 Å². The molecule has 8 heteroatoms. The van der Waals surface area contributed by atoms with Gasteiger partial charge in [-0.05, 0) is 13.3 Å². The van der Waals surface area contributed by atoms with Gasteiger partial charge in [0.25, 0.3) is 11.5 Å². The van der Waals surface area contributed by atoms with Gasteiger partial charge in [0.05, 0.1) is 11.6 Å². The lowest BCUT2D eigenvalue weighted by atomic mass is 10.3. The average Bonchev–Trinajstić information content (AvgIpc) is 3.13. The van der Waals surface area contributed by atoms with E-state index in [0.717, 1.165) is 21.2 Å². The van der Waals surface area contributed by atoms with Crippen LogP contribution in [0.2, 0.25) is 0 Å². The highest BCUT2D eigenvalue weighted by Crippen LogP contribution is 2.16. The number of carbonyl (C=O) groups is 1. The van der Waals surface area contributed by atoms with Crippen LogP contribution in [-0.2, 0) is 13.0 Å². The molecular weight excluding hydrogens is 332 g/mol. The molecule has 0 saturated carbocycles. The van der Waals surface area contributed by atoms with E-state index in [-0.39, 0.29) is 17.0 Å². The van der Waals surface area contributed by atoms with Crippen LogP contribution in [0.1, 0.15) is 32.0 Å². The second-order valence-corrected chi connectivity index (χ2v) is 7.62. The Hall–Kier alpha value is -2.06. The monoisotopic (exact) mass is 348 g/mol. The van der Waals surface area contributed by atoms with Crippen molar-refractivity contribution in [3.05, 3.63) is 49.3 Å². The predicted molar refractivity (Wildman–Crippen MR) is 91.4 cm³/mol. The first kappa shape index (κ1) is 15.8. The molecule has 6 nitrogen and oxygen atoms in total. The number of hydrogen-bond acceptors (Lipinski definition) is 6. The minimum atomic E-state index is -0.327. The fourth-order valence-corrected chi connectivity index (χ4v) is 3.94. The quantitative estimate of drug-likeness (QED) is 0.726. The molecule has 1 amide bonds. The fourth-order valence-electron chi connectivity index (χ4n) is 2.24. The van der Waals surface area contributed by atoms with Gasteiger partial charge in [-0.25, -0.2) is 9.97 Å². The Morgan fingerprint density at radius 1 is 1.30 bits per heavy atom. The van der Waals surface area contributed by atoms with Gasteiger partial charge >= 0.3 is 0 Å². The van der Waals surface area contributed by atoms with E-state index in [1.165, 1.54) is 26.8 Å². The van der Waals surface area contributed by atoms with Crippen molar-refractivity contribution in [2.24, 2.45) is 0 Å². The molecule has 3 aromatic heterocycles. The molecule has 0 aliphatic carbocycles. The van der Waals surface area contributed by atoms with Crippen molar-refractivity contribution in [1.82, 2.24) is 19.3 Å². The number of rotatable bonds is 4. The summed E-state index contributed by atoms with van der Waals surface area (Å²) in [5.74, 6) is -0.327. The lowest BCUT2D eigenvalue weighted by Crippen LogP contribution is -2.32. The first-order chi connectivity index (χ1) is 11.0. The number of thiazole rings is 2. The van der Waals surface area contributed by atoms with Crippen LogP contribution in [0, 0.1) is 6.92 Å². The van der Waals surface area contributed by atoms with Gasteiger partial charge < -0.3 is 4.90 Å². The lowest BCUT2D eigenvalue weighted by Gasteiger charge is -2.15. The van der Waals surface area contributed by atoms with Crippen molar-refractivity contribution < 1.29 is 4.79 Å². The zero-order valence-corrected chi connectivity index (χ0v) is 14.7. The highest BCUT2D eigenvalue weighted by atomic mass is 32.1. The number of aromatic nitrogens is 3. The summed E-state index contributed by atoms with van der Waals surface area (Å²) >= 11 is 3.00. The molecule has 0 N–H and O–H groups in total. The molecule has 3 rings (SSSR count). The van der Waals surface area contributed by atoms with E-state index in [2.05, 4.69) is 9.97 Å². The summed E-state index contributed by atoms with van der Waals surface area (Å²) in [6.45, 7) is 4.38. The van der Waals surface area contributed by atoms with Crippen LogP contribution < -0.4 is 5.56 Å². The molecule has 0 fully saturated rings. The van der Waals surface area contributed by atoms with E-state index in [1.807, 2.05) is 13.8 Å². The molecular formula is C15H16N4O2S2. The summed E-state index contributed by atoms with van der Waals surface area (Å²) in [7, 11) is 1.68. The third-order valence-corrected chi connectivity index (χ3v) is 5.44. The number of nitrogens with zero attached hydrogens (tertiary/aromatic N) is 4. The second kappa shape index (κ2) is 6.21. The maximum Gasteiger partial charge on any atom is 0.271 e. The minimum Gasteiger partial charge on any atom is -0.336 e. The maximum atomic E-state index is 12.6. The fraction of sp³-hybridized carbons (Fsp3) is 0.333. The first-order valence-electron chi connectivity index (χ1n) is 7.16. The molecule has 3 aromatic rings. The molecule has 0 aliphatic heterocycles. The summed E-state index contributed by atoms with van der Waals surface area (Å²) < 4.78 is 1.43. The average molecular weight is 348 g/mol. The Morgan fingerprint density at radius 3 is 2.78 bits per heavy atom. The van der Waals surface area contributed by atoms with Gasteiger partial charge in [-0.3, -0.25) is 14.0 Å². The Kier molecular flexibility index (Phi) is 4.27. The van der Waals surface area contributed by atoms with Gasteiger partial charge in [-0.15, -0.1) is 22.7 Å². The van der Waals surface area contributed by atoms with E-state index in [1.54, 1.807) is 30.8 Å². The highest BCUT2D eigenvalue weighted by Gasteiger charge is 2.19. The summed E-state index contributed by atoms with van der Waals surface area (Å²) in [5, 5.41) is 1.04. The van der Waals surface area contributed by atoms with Gasteiger partial charge in [0.15, 0.2) is 4.96 Å². The number of hydrogen-bond donors (Lipinski definition) is 0. The Morgan fingerprint density at radius 2 is 2.09 bits per heavy atom. The van der Waals surface area contributed by atoms with Crippen LogP contribution in [0.5, 0.6) is 0 Å². The van der Waals surface area contributed by atoms with Gasteiger partial charge in [-0.2, -0.15) is 0 Å². The van der Waals surface area contributed by atoms with Crippen LogP contribution >= 0.6 is 22.7 Å². The molecule has 0 unspecified atom stereocenters. The van der Waals surface area contributed by atoms with Crippen LogP contribution in [0.4, 0.5) is 0 Å². The first-order valence-corrected chi connectivity index (χ1v) is 8.79. The SMILES string of the molecule is CCc1ncc(CN(C)C(=O)c2cnc3sc(C)cn3c2=O)s1. The van der Waals surface area contributed by atoms with Crippen molar-refractivity contribution >= 4 is 33.5 Å². The van der Waals surface area contributed by atoms with Crippen LogP contribution in [0.15, 0.2) is 23.4 Å². The number of carbonyl (C=O) groups excluding carboxylic acids is 1. The van der Waals surface area contributed by atoms with Crippen LogP contribution in [0.3, 0.4) is 0 Å². The van der Waals surface area contributed by atoms with Crippen LogP contribution in [0.25, 0.3) is 4.96 Å². The van der Waals surface area contributed by atoms with Crippen molar-refractivity contribution in [1.29, 1.82) is 0 Å². The predicted octanol–water partition coefficient (Wildman–Crippen LogP) is 2.36. The molecule has 0 radical (unpaired) electrons. The zero-order chi connectivity index (χ0) is 16.6. The second-order valence-electron chi connectivity index (χ2n) is 5.21. The third-order valence-electron chi connectivity index (χ3n) is 3.40. The van der Waals surface area contributed by atoms with Crippen molar-refractivity contribution in [3.8, 4) is 0 Å². The zero-order valence-electron chi connectivity index (χ0n) is 13.1. The topological polar surface area (TPSA) is 67.6 Å². The van der Waals surface area contributed by atoms with Gasteiger partial charge in [0, 0.05) is 35.4 Å². The van der Waals surface area contributed by atoms with E-state index in [9.17, 15) is 9.59 Å². The largest absolute Gasteiger partial charge is 0.336 e. The van der Waals surface area contributed by atoms with Crippen LogP contribution in [-0.4, -0.2) is 32.2 Å². The highest BCUT2D eigenvalue weighted by molar-refractivity contribution is 7.16. The van der Waals surface area contributed by atoms with Gasteiger partial charge in [0.2, 0.25) is 0 Å². The lowest BCUT2D eigenvalue weighted by molar-refractivity contribution is 0.0784. The van der Waals surface area contributed by atoms with E-state index in [0.29, 0.717) is 11.5 Å². The molecule has 0 bridgehead atoms. The number of aryl methyl sites for hydroxylation is 2. The summed E-state index contributed by atoms with van der Waals surface area (Å²) in [5.41, 5.74) is -0.238. The van der Waals surface area contributed by atoms with E-state index >= 15 is 0 Å². The number of amides is 1. The van der Waals surface area contributed by atoms with E-state index in [4.69, 9.17) is 0 Å².